The molecule has 0 aliphatic rings. The fourth-order valence-corrected chi connectivity index (χ4v) is 1.50. The zero-order chi connectivity index (χ0) is 15.1. The fourth-order valence-electron chi connectivity index (χ4n) is 1.50. The SMILES string of the molecule is CN(CC=O)CC(=O)OB(O)c1ccccc1[N+](=O)[O-]. The van der Waals surface area contributed by atoms with E-state index >= 15 is 0 Å². The first kappa shape index (κ1) is 15.8. The summed E-state index contributed by atoms with van der Waals surface area (Å²) in [6.45, 7) is -0.174. The average molecular weight is 280 g/mol. The molecule has 0 fully saturated rings. The smallest absolute Gasteiger partial charge is 0.505 e. The van der Waals surface area contributed by atoms with E-state index in [1.165, 1.54) is 36.2 Å². The van der Waals surface area contributed by atoms with Gasteiger partial charge in [0, 0.05) is 6.07 Å². The Balaban J connectivity index is 2.71. The first-order chi connectivity index (χ1) is 9.45. The molecule has 0 radical (unpaired) electrons. The molecular weight excluding hydrogens is 267 g/mol. The van der Waals surface area contributed by atoms with Crippen LogP contribution in [0.1, 0.15) is 0 Å². The largest absolute Gasteiger partial charge is 0.569 e. The number of aldehydes is 1. The molecule has 1 aromatic carbocycles. The van der Waals surface area contributed by atoms with Gasteiger partial charge in [-0.1, -0.05) is 18.2 Å². The minimum Gasteiger partial charge on any atom is -0.505 e. The maximum atomic E-state index is 11.5. The van der Waals surface area contributed by atoms with Crippen molar-refractivity contribution in [3.05, 3.63) is 34.4 Å². The molecule has 1 rings (SSSR count). The van der Waals surface area contributed by atoms with Gasteiger partial charge in [0.15, 0.2) is 0 Å². The van der Waals surface area contributed by atoms with Crippen molar-refractivity contribution in [3.63, 3.8) is 0 Å². The highest BCUT2D eigenvalue weighted by atomic mass is 16.6. The van der Waals surface area contributed by atoms with Gasteiger partial charge in [0.25, 0.3) is 5.69 Å². The number of para-hydroxylation sites is 1. The molecule has 0 aliphatic carbocycles. The molecule has 1 N–H and O–H groups in total. The van der Waals surface area contributed by atoms with E-state index in [4.69, 9.17) is 4.65 Å². The van der Waals surface area contributed by atoms with Gasteiger partial charge in [0.05, 0.1) is 23.5 Å². The lowest BCUT2D eigenvalue weighted by Crippen LogP contribution is -2.40. The lowest BCUT2D eigenvalue weighted by molar-refractivity contribution is -0.383. The second-order valence-corrected chi connectivity index (χ2v) is 4.02. The first-order valence-electron chi connectivity index (χ1n) is 5.68. The van der Waals surface area contributed by atoms with Crippen LogP contribution in [0.2, 0.25) is 0 Å². The van der Waals surface area contributed by atoms with Crippen LogP contribution in [0.5, 0.6) is 0 Å². The van der Waals surface area contributed by atoms with Gasteiger partial charge in [-0.2, -0.15) is 0 Å². The molecule has 0 aliphatic heterocycles. The molecule has 106 valence electrons. The minimum absolute atomic E-state index is 0.0384. The zero-order valence-corrected chi connectivity index (χ0v) is 10.8. The highest BCUT2D eigenvalue weighted by Crippen LogP contribution is 2.07. The molecule has 0 spiro atoms. The number of hydrogen-bond donors (Lipinski definition) is 1. The normalized spacial score (nSPS) is 10.2. The predicted molar refractivity (Wildman–Crippen MR) is 70.4 cm³/mol. The van der Waals surface area contributed by atoms with E-state index in [0.29, 0.717) is 6.29 Å². The Bertz CT molecular complexity index is 509. The molecule has 0 saturated heterocycles. The summed E-state index contributed by atoms with van der Waals surface area (Å²) in [5.41, 5.74) is -0.446. The number of nitrogens with zero attached hydrogens (tertiary/aromatic N) is 2. The van der Waals surface area contributed by atoms with Crippen LogP contribution < -0.4 is 5.46 Å². The van der Waals surface area contributed by atoms with Crippen LogP contribution in [0.15, 0.2) is 24.3 Å². The lowest BCUT2D eigenvalue weighted by atomic mass is 9.78. The monoisotopic (exact) mass is 280 g/mol. The molecular formula is C11H13BN2O6. The van der Waals surface area contributed by atoms with Crippen LogP contribution in [0.3, 0.4) is 0 Å². The maximum Gasteiger partial charge on any atom is 0.569 e. The summed E-state index contributed by atoms with van der Waals surface area (Å²) in [7, 11) is -0.207. The summed E-state index contributed by atoms with van der Waals surface area (Å²) >= 11 is 0. The van der Waals surface area contributed by atoms with Gasteiger partial charge in [0.1, 0.15) is 6.29 Å². The molecule has 0 amide bonds. The minimum atomic E-state index is -1.73. The van der Waals surface area contributed by atoms with Gasteiger partial charge >= 0.3 is 13.1 Å². The molecule has 0 unspecified atom stereocenters. The molecule has 20 heavy (non-hydrogen) atoms. The average Bonchev–Trinajstić information content (AvgIpc) is 2.38. The number of rotatable bonds is 7. The van der Waals surface area contributed by atoms with Gasteiger partial charge in [0.2, 0.25) is 0 Å². The van der Waals surface area contributed by atoms with Crippen molar-refractivity contribution in [1.29, 1.82) is 0 Å². The standard InChI is InChI=1S/C11H13BN2O6/c1-13(6-7-15)8-11(16)20-12(17)9-4-2-3-5-10(9)14(18)19/h2-5,7,17H,6,8H2,1H3. The number of benzene rings is 1. The van der Waals surface area contributed by atoms with Gasteiger partial charge in [-0.05, 0) is 7.05 Å². The number of carbonyl (C=O) groups excluding carboxylic acids is 2. The van der Waals surface area contributed by atoms with Gasteiger partial charge in [-0.3, -0.25) is 19.8 Å². The predicted octanol–water partition coefficient (Wildman–Crippen LogP) is -1.04. The molecule has 0 aromatic heterocycles. The van der Waals surface area contributed by atoms with Crippen molar-refractivity contribution < 1.29 is 24.2 Å². The second-order valence-electron chi connectivity index (χ2n) is 4.02. The Kier molecular flexibility index (Phi) is 5.82. The molecule has 0 atom stereocenters. The van der Waals surface area contributed by atoms with Crippen molar-refractivity contribution in [2.24, 2.45) is 0 Å². The second kappa shape index (κ2) is 7.36. The van der Waals surface area contributed by atoms with Crippen LogP contribution >= 0.6 is 0 Å². The van der Waals surface area contributed by atoms with Crippen LogP contribution in [0.25, 0.3) is 0 Å². The lowest BCUT2D eigenvalue weighted by Gasteiger charge is -2.14. The summed E-state index contributed by atoms with van der Waals surface area (Å²) in [6, 6.07) is 5.42. The zero-order valence-electron chi connectivity index (χ0n) is 10.8. The summed E-state index contributed by atoms with van der Waals surface area (Å²) in [6.07, 6.45) is 0.617. The molecule has 0 bridgehead atoms. The fraction of sp³-hybridized carbons (Fsp3) is 0.273. The van der Waals surface area contributed by atoms with E-state index in [1.54, 1.807) is 0 Å². The van der Waals surface area contributed by atoms with E-state index in [1.807, 2.05) is 0 Å². The van der Waals surface area contributed by atoms with Crippen LogP contribution in [-0.4, -0.2) is 54.4 Å². The third kappa shape index (κ3) is 4.45. The number of nitro benzene ring substituents is 1. The van der Waals surface area contributed by atoms with Crippen molar-refractivity contribution >= 4 is 30.5 Å². The Morgan fingerprint density at radius 1 is 1.55 bits per heavy atom. The van der Waals surface area contributed by atoms with Crippen LogP contribution in [-0.2, 0) is 14.2 Å². The van der Waals surface area contributed by atoms with E-state index in [9.17, 15) is 24.7 Å². The van der Waals surface area contributed by atoms with E-state index in [2.05, 4.69) is 0 Å². The summed E-state index contributed by atoms with van der Waals surface area (Å²) in [5, 5.41) is 20.5. The van der Waals surface area contributed by atoms with Crippen molar-refractivity contribution in [2.45, 2.75) is 0 Å². The highest BCUT2D eigenvalue weighted by Gasteiger charge is 2.29. The number of nitro groups is 1. The third-order valence-corrected chi connectivity index (χ3v) is 2.43. The quantitative estimate of drug-likeness (QED) is 0.294. The maximum absolute atomic E-state index is 11.5. The van der Waals surface area contributed by atoms with Crippen molar-refractivity contribution in [1.82, 2.24) is 4.90 Å². The molecule has 1 aromatic rings. The van der Waals surface area contributed by atoms with Gasteiger partial charge in [-0.25, -0.2) is 0 Å². The highest BCUT2D eigenvalue weighted by molar-refractivity contribution is 6.63. The number of carbonyl (C=O) groups is 2. The van der Waals surface area contributed by atoms with Gasteiger partial charge < -0.3 is 14.5 Å². The topological polar surface area (TPSA) is 110 Å². The first-order valence-corrected chi connectivity index (χ1v) is 5.68. The van der Waals surface area contributed by atoms with E-state index in [-0.39, 0.29) is 24.2 Å². The van der Waals surface area contributed by atoms with Crippen molar-refractivity contribution in [3.8, 4) is 0 Å². The van der Waals surface area contributed by atoms with Crippen molar-refractivity contribution in [2.75, 3.05) is 20.1 Å². The molecule has 9 heteroatoms. The number of hydrogen-bond acceptors (Lipinski definition) is 7. The Hall–Kier alpha value is -2.26. The Morgan fingerprint density at radius 2 is 2.20 bits per heavy atom. The van der Waals surface area contributed by atoms with Gasteiger partial charge in [-0.15, -0.1) is 0 Å². The summed E-state index contributed by atoms with van der Waals surface area (Å²) in [5.74, 6) is -0.792. The van der Waals surface area contributed by atoms with Crippen LogP contribution in [0.4, 0.5) is 5.69 Å². The molecule has 8 nitrogen and oxygen atoms in total. The van der Waals surface area contributed by atoms with E-state index < -0.39 is 18.0 Å². The van der Waals surface area contributed by atoms with E-state index in [0.717, 1.165) is 0 Å². The van der Waals surface area contributed by atoms with Crippen LogP contribution in [0, 0.1) is 10.1 Å². The Morgan fingerprint density at radius 3 is 2.80 bits per heavy atom. The molecule has 0 heterocycles. The Labute approximate surface area is 115 Å². The number of likely N-dealkylation sites (N-methyl/N-ethyl adjacent to an activating group) is 1. The third-order valence-electron chi connectivity index (χ3n) is 2.43. The molecule has 0 saturated carbocycles. The summed E-state index contributed by atoms with van der Waals surface area (Å²) < 4.78 is 4.70. The summed E-state index contributed by atoms with van der Waals surface area (Å²) in [4.78, 5) is 33.2.